The zero-order valence-electron chi connectivity index (χ0n) is 18.7. The van der Waals surface area contributed by atoms with Crippen LogP contribution in [0.25, 0.3) is 5.57 Å². The summed E-state index contributed by atoms with van der Waals surface area (Å²) in [5.74, 6) is 0.747. The summed E-state index contributed by atoms with van der Waals surface area (Å²) in [5.41, 5.74) is 6.20. The summed E-state index contributed by atoms with van der Waals surface area (Å²) < 4.78 is 0. The van der Waals surface area contributed by atoms with E-state index in [-0.39, 0.29) is 16.2 Å². The van der Waals surface area contributed by atoms with Gasteiger partial charge in [-0.25, -0.2) is 0 Å². The van der Waals surface area contributed by atoms with Crippen molar-refractivity contribution in [2.24, 2.45) is 22.2 Å². The lowest BCUT2D eigenvalue weighted by atomic mass is 9.51. The Balaban J connectivity index is 2.20. The summed E-state index contributed by atoms with van der Waals surface area (Å²) in [5, 5.41) is 0. The van der Waals surface area contributed by atoms with E-state index >= 15 is 0 Å². The van der Waals surface area contributed by atoms with Gasteiger partial charge in [-0.3, -0.25) is 0 Å². The molecule has 0 heterocycles. The van der Waals surface area contributed by atoms with E-state index in [0.29, 0.717) is 0 Å². The fourth-order valence-corrected chi connectivity index (χ4v) is 5.15. The molecule has 0 aromatic heterocycles. The van der Waals surface area contributed by atoms with E-state index < -0.39 is 0 Å². The van der Waals surface area contributed by atoms with Crippen LogP contribution >= 0.6 is 0 Å². The van der Waals surface area contributed by atoms with Gasteiger partial charge >= 0.3 is 0 Å². The lowest BCUT2D eigenvalue weighted by Gasteiger charge is -2.53. The maximum Gasteiger partial charge on any atom is 0.00394 e. The zero-order chi connectivity index (χ0) is 19.9. The minimum atomic E-state index is 0.127. The predicted molar refractivity (Wildman–Crippen MR) is 119 cm³/mol. The van der Waals surface area contributed by atoms with E-state index in [2.05, 4.69) is 91.3 Å². The number of hydrogen-bond donors (Lipinski definition) is 0. The van der Waals surface area contributed by atoms with E-state index in [1.165, 1.54) is 54.4 Å². The van der Waals surface area contributed by atoms with E-state index in [0.717, 1.165) is 5.92 Å². The molecule has 0 spiro atoms. The highest BCUT2D eigenvalue weighted by molar-refractivity contribution is 5.80. The van der Waals surface area contributed by atoms with Crippen LogP contribution in [-0.4, -0.2) is 0 Å². The Labute approximate surface area is 168 Å². The van der Waals surface area contributed by atoms with Crippen LogP contribution in [0.1, 0.15) is 84.8 Å². The Morgan fingerprint density at radius 1 is 0.889 bits per heavy atom. The topological polar surface area (TPSA) is 0 Å². The van der Waals surface area contributed by atoms with Crippen LogP contribution < -0.4 is 0 Å². The summed E-state index contributed by atoms with van der Waals surface area (Å²) in [6.07, 6.45) is 14.7. The third-order valence-electron chi connectivity index (χ3n) is 7.00. The SMILES string of the molecule is Cc1ccccc1C1=CC(C2CCCCC2)(C(C)(C)C)[CH]C(C(C)(C)C)=C1. The van der Waals surface area contributed by atoms with Crippen molar-refractivity contribution in [1.82, 2.24) is 0 Å². The van der Waals surface area contributed by atoms with Gasteiger partial charge < -0.3 is 0 Å². The van der Waals surface area contributed by atoms with Crippen molar-refractivity contribution in [2.75, 3.05) is 0 Å². The van der Waals surface area contributed by atoms with E-state index in [1.54, 1.807) is 0 Å². The molecule has 1 aromatic rings. The minimum Gasteiger partial charge on any atom is -0.0690 e. The molecule has 1 fully saturated rings. The Morgan fingerprint density at radius 2 is 1.52 bits per heavy atom. The van der Waals surface area contributed by atoms with E-state index in [4.69, 9.17) is 0 Å². The summed E-state index contributed by atoms with van der Waals surface area (Å²) >= 11 is 0. The molecule has 1 saturated carbocycles. The Morgan fingerprint density at radius 3 is 2.07 bits per heavy atom. The van der Waals surface area contributed by atoms with Crippen molar-refractivity contribution in [3.8, 4) is 0 Å². The monoisotopic (exact) mass is 363 g/mol. The smallest absolute Gasteiger partial charge is 0.00394 e. The molecule has 0 nitrogen and oxygen atoms in total. The largest absolute Gasteiger partial charge is 0.0690 e. The molecule has 1 unspecified atom stereocenters. The molecule has 1 aromatic carbocycles. The van der Waals surface area contributed by atoms with Gasteiger partial charge in [0.25, 0.3) is 0 Å². The molecular formula is C27H39. The fraction of sp³-hybridized carbons (Fsp3) is 0.593. The molecule has 1 radical (unpaired) electrons. The van der Waals surface area contributed by atoms with Crippen molar-refractivity contribution in [3.63, 3.8) is 0 Å². The van der Waals surface area contributed by atoms with Gasteiger partial charge in [-0.05, 0) is 59.6 Å². The van der Waals surface area contributed by atoms with Gasteiger partial charge in [0.1, 0.15) is 0 Å². The van der Waals surface area contributed by atoms with Crippen LogP contribution in [0, 0.1) is 35.5 Å². The van der Waals surface area contributed by atoms with Crippen LogP contribution in [-0.2, 0) is 0 Å². The summed E-state index contributed by atoms with van der Waals surface area (Å²) in [4.78, 5) is 0. The first kappa shape index (κ1) is 20.4. The van der Waals surface area contributed by atoms with Gasteiger partial charge in [-0.1, -0.05) is 103 Å². The molecule has 1 atom stereocenters. The number of rotatable bonds is 2. The minimum absolute atomic E-state index is 0.127. The molecule has 147 valence electrons. The molecule has 3 rings (SSSR count). The highest BCUT2D eigenvalue weighted by Crippen LogP contribution is 2.58. The molecule has 0 N–H and O–H groups in total. The van der Waals surface area contributed by atoms with Crippen LogP contribution in [0.15, 0.2) is 42.0 Å². The molecule has 2 aliphatic rings. The summed E-state index contributed by atoms with van der Waals surface area (Å²) in [7, 11) is 0. The normalized spacial score (nSPS) is 25.1. The number of benzene rings is 1. The van der Waals surface area contributed by atoms with Gasteiger partial charge in [-0.2, -0.15) is 0 Å². The van der Waals surface area contributed by atoms with Crippen molar-refractivity contribution in [3.05, 3.63) is 59.5 Å². The Bertz CT molecular complexity index is 726. The Hall–Kier alpha value is -1.30. The van der Waals surface area contributed by atoms with Crippen LogP contribution in [0.5, 0.6) is 0 Å². The number of hydrogen-bond acceptors (Lipinski definition) is 0. The number of aryl methyl sites for hydroxylation is 1. The molecule has 0 saturated heterocycles. The zero-order valence-corrected chi connectivity index (χ0v) is 18.7. The average molecular weight is 364 g/mol. The predicted octanol–water partition coefficient (Wildman–Crippen LogP) is 8.18. The quantitative estimate of drug-likeness (QED) is 0.497. The summed E-state index contributed by atoms with van der Waals surface area (Å²) in [6.45, 7) is 16.7. The van der Waals surface area contributed by atoms with Gasteiger partial charge in [0.05, 0.1) is 0 Å². The second-order valence-electron chi connectivity index (χ2n) is 10.9. The maximum atomic E-state index is 2.67. The summed E-state index contributed by atoms with van der Waals surface area (Å²) in [6, 6.07) is 8.89. The van der Waals surface area contributed by atoms with Crippen molar-refractivity contribution in [2.45, 2.75) is 80.6 Å². The lowest BCUT2D eigenvalue weighted by molar-refractivity contribution is 0.0755. The lowest BCUT2D eigenvalue weighted by Crippen LogP contribution is -2.45. The van der Waals surface area contributed by atoms with Crippen LogP contribution in [0.3, 0.4) is 0 Å². The second-order valence-corrected chi connectivity index (χ2v) is 10.9. The van der Waals surface area contributed by atoms with Crippen molar-refractivity contribution in [1.29, 1.82) is 0 Å². The molecule has 0 heteroatoms. The first-order chi connectivity index (χ1) is 12.5. The van der Waals surface area contributed by atoms with Gasteiger partial charge in [-0.15, -0.1) is 0 Å². The molecule has 2 aliphatic carbocycles. The average Bonchev–Trinajstić information content (AvgIpc) is 2.60. The van der Waals surface area contributed by atoms with Gasteiger partial charge in [0.15, 0.2) is 0 Å². The van der Waals surface area contributed by atoms with Crippen molar-refractivity contribution < 1.29 is 0 Å². The third-order valence-corrected chi connectivity index (χ3v) is 7.00. The maximum absolute atomic E-state index is 2.67. The highest BCUT2D eigenvalue weighted by atomic mass is 14.5. The molecule has 0 bridgehead atoms. The second kappa shape index (κ2) is 7.26. The first-order valence-electron chi connectivity index (χ1n) is 10.9. The first-order valence-corrected chi connectivity index (χ1v) is 10.9. The Kier molecular flexibility index (Phi) is 5.50. The molecule has 0 amide bonds. The third kappa shape index (κ3) is 3.96. The van der Waals surface area contributed by atoms with E-state index in [1.807, 2.05) is 0 Å². The molecular weight excluding hydrogens is 324 g/mol. The van der Waals surface area contributed by atoms with Gasteiger partial charge in [0, 0.05) is 5.41 Å². The highest BCUT2D eigenvalue weighted by Gasteiger charge is 2.49. The van der Waals surface area contributed by atoms with Gasteiger partial charge in [0.2, 0.25) is 0 Å². The molecule has 0 aliphatic heterocycles. The van der Waals surface area contributed by atoms with Crippen LogP contribution in [0.4, 0.5) is 0 Å². The number of allylic oxidation sites excluding steroid dienone is 4. The van der Waals surface area contributed by atoms with Crippen LogP contribution in [0.2, 0.25) is 0 Å². The fourth-order valence-electron chi connectivity index (χ4n) is 5.15. The van der Waals surface area contributed by atoms with E-state index in [9.17, 15) is 0 Å². The van der Waals surface area contributed by atoms with Crippen molar-refractivity contribution >= 4 is 5.57 Å². The molecule has 27 heavy (non-hydrogen) atoms. The standard InChI is InChI=1S/C27H39/c1-20-13-11-12-16-24(20)21-17-23(25(2,3)4)19-27(18-21,26(5,6)7)22-14-9-8-10-15-22/h11-13,16-19,22H,8-10,14-15H2,1-7H3.